The smallest absolute Gasteiger partial charge is 0.412 e. The lowest BCUT2D eigenvalue weighted by Gasteiger charge is -2.44. The normalized spacial score (nSPS) is 25.1. The Hall–Kier alpha value is -3.21. The van der Waals surface area contributed by atoms with Crippen LogP contribution in [0.2, 0.25) is 0 Å². The van der Waals surface area contributed by atoms with E-state index in [4.69, 9.17) is 23.7 Å². The summed E-state index contributed by atoms with van der Waals surface area (Å²) < 4.78 is 28.0. The van der Waals surface area contributed by atoms with Gasteiger partial charge in [0.1, 0.15) is 6.10 Å². The van der Waals surface area contributed by atoms with Crippen LogP contribution in [0.1, 0.15) is 26.7 Å². The lowest BCUT2D eigenvalue weighted by Crippen LogP contribution is -2.63. The lowest BCUT2D eigenvalue weighted by molar-refractivity contribution is -0.299. The molecule has 2 rings (SSSR count). The number of para-hydroxylation sites is 1. The monoisotopic (exact) mass is 505 g/mol. The fourth-order valence-corrected chi connectivity index (χ4v) is 3.60. The number of carbonyl (C=O) groups is 3. The van der Waals surface area contributed by atoms with Gasteiger partial charge in [-0.3, -0.25) is 14.9 Å². The number of rotatable bonds is 12. The van der Waals surface area contributed by atoms with Gasteiger partial charge in [-0.25, -0.2) is 4.79 Å². The van der Waals surface area contributed by atoms with E-state index < -0.39 is 67.2 Å². The number of nitrogens with one attached hydrogen (secondary N) is 1. The van der Waals surface area contributed by atoms with E-state index in [1.54, 1.807) is 56.3 Å². The second kappa shape index (κ2) is 14.4. The van der Waals surface area contributed by atoms with Crippen LogP contribution in [0.3, 0.4) is 0 Å². The summed E-state index contributed by atoms with van der Waals surface area (Å²) in [4.78, 5) is 38.3. The van der Waals surface area contributed by atoms with Crippen LogP contribution in [-0.2, 0) is 33.3 Å². The molecule has 1 aliphatic rings. The molecule has 1 fully saturated rings. The summed E-state index contributed by atoms with van der Waals surface area (Å²) in [5.74, 6) is -2.39. The fourth-order valence-electron chi connectivity index (χ4n) is 3.60. The molecule has 10 nitrogen and oxygen atoms in total. The van der Waals surface area contributed by atoms with Crippen molar-refractivity contribution < 1.29 is 43.2 Å². The van der Waals surface area contributed by atoms with E-state index in [9.17, 15) is 19.5 Å². The molecule has 0 spiro atoms. The van der Waals surface area contributed by atoms with Crippen LogP contribution in [0.15, 0.2) is 55.6 Å². The van der Waals surface area contributed by atoms with Gasteiger partial charge < -0.3 is 28.8 Å². The summed E-state index contributed by atoms with van der Waals surface area (Å²) in [6, 6.07) is 8.57. The third kappa shape index (κ3) is 7.91. The molecule has 36 heavy (non-hydrogen) atoms. The van der Waals surface area contributed by atoms with Crippen molar-refractivity contribution in [3.8, 4) is 0 Å². The minimum Gasteiger partial charge on any atom is -0.455 e. The van der Waals surface area contributed by atoms with Crippen LogP contribution < -0.4 is 5.32 Å². The van der Waals surface area contributed by atoms with Crippen LogP contribution in [0.4, 0.5) is 10.5 Å². The largest absolute Gasteiger partial charge is 0.455 e. The van der Waals surface area contributed by atoms with Crippen molar-refractivity contribution in [1.82, 2.24) is 0 Å². The Labute approximate surface area is 211 Å². The zero-order chi connectivity index (χ0) is 26.7. The number of esters is 2. The van der Waals surface area contributed by atoms with Gasteiger partial charge in [0.05, 0.1) is 18.4 Å². The fraction of sp³-hybridized carbons (Fsp3) is 0.500. The highest BCUT2D eigenvalue weighted by atomic mass is 16.7. The van der Waals surface area contributed by atoms with Gasteiger partial charge in [-0.2, -0.15) is 0 Å². The number of allylic oxidation sites excluding steroid dienone is 2. The van der Waals surface area contributed by atoms with E-state index in [-0.39, 0.29) is 0 Å². The van der Waals surface area contributed by atoms with Crippen molar-refractivity contribution in [2.45, 2.75) is 57.4 Å². The first kappa shape index (κ1) is 29.0. The minimum absolute atomic E-state index is 0.333. The van der Waals surface area contributed by atoms with Crippen molar-refractivity contribution in [1.29, 1.82) is 0 Å². The number of ether oxygens (including phenoxy) is 5. The molecule has 1 heterocycles. The Bertz CT molecular complexity index is 891. The Balaban J connectivity index is 2.38. The molecular weight excluding hydrogens is 470 g/mol. The summed E-state index contributed by atoms with van der Waals surface area (Å²) in [6.45, 7) is 9.97. The summed E-state index contributed by atoms with van der Waals surface area (Å²) in [7, 11) is 1.31. The zero-order valence-corrected chi connectivity index (χ0v) is 20.8. The molecule has 0 saturated carbocycles. The Morgan fingerprint density at radius 1 is 0.972 bits per heavy atom. The van der Waals surface area contributed by atoms with Crippen molar-refractivity contribution in [3.05, 3.63) is 55.6 Å². The van der Waals surface area contributed by atoms with Gasteiger partial charge in [-0.15, -0.1) is 13.2 Å². The van der Waals surface area contributed by atoms with Crippen LogP contribution in [-0.4, -0.2) is 67.6 Å². The van der Waals surface area contributed by atoms with Crippen molar-refractivity contribution in [2.24, 2.45) is 11.8 Å². The molecule has 0 bridgehead atoms. The molecule has 1 aromatic carbocycles. The first-order valence-corrected chi connectivity index (χ1v) is 11.7. The van der Waals surface area contributed by atoms with Gasteiger partial charge in [0, 0.05) is 12.8 Å². The number of aliphatic hydroxyl groups excluding tert-OH is 1. The maximum atomic E-state index is 12.9. The van der Waals surface area contributed by atoms with Crippen molar-refractivity contribution >= 4 is 23.7 Å². The second-order valence-electron chi connectivity index (χ2n) is 8.48. The summed E-state index contributed by atoms with van der Waals surface area (Å²) in [5, 5.41) is 12.5. The lowest BCUT2D eigenvalue weighted by atomic mass is 9.97. The van der Waals surface area contributed by atoms with E-state index in [0.717, 1.165) is 0 Å². The Kier molecular flexibility index (Phi) is 11.6. The maximum Gasteiger partial charge on any atom is 0.412 e. The highest BCUT2D eigenvalue weighted by molar-refractivity contribution is 5.84. The van der Waals surface area contributed by atoms with Gasteiger partial charge in [0.25, 0.3) is 0 Å². The third-order valence-corrected chi connectivity index (χ3v) is 5.62. The maximum absolute atomic E-state index is 12.9. The standard InChI is InChI=1S/C26H35NO9/c1-6-11-16(3)23(29)34-20-19(15-28)33-25(32-5)22(21(20)35-24(30)17(4)12-7-2)36-26(31)27-18-13-9-8-10-14-18/h6-10,13-14,16-17,19-22,25,28H,1-2,11-12,15H2,3-5H3,(H,27,31)/t16-,17-,19+,20+,21-,22-,25-/m0/s1. The molecule has 1 aromatic rings. The second-order valence-corrected chi connectivity index (χ2v) is 8.48. The highest BCUT2D eigenvalue weighted by Gasteiger charge is 2.53. The third-order valence-electron chi connectivity index (χ3n) is 5.62. The van der Waals surface area contributed by atoms with E-state index in [1.165, 1.54) is 7.11 Å². The number of anilines is 1. The molecule has 1 amide bonds. The first-order chi connectivity index (χ1) is 17.2. The average Bonchev–Trinajstić information content (AvgIpc) is 2.86. The molecule has 10 heteroatoms. The summed E-state index contributed by atoms with van der Waals surface area (Å²) in [5.41, 5.74) is 0.468. The van der Waals surface area contributed by atoms with Gasteiger partial charge in [0.15, 0.2) is 24.6 Å². The minimum atomic E-state index is -1.33. The SMILES string of the molecule is C=CC[C@H](C)C(=O)O[C@@H]1[C@H](OC(=O)Nc2ccccc2)[C@@H](OC)O[C@H](CO)[C@H]1OC(=O)[C@@H](C)CC=C. The molecule has 0 unspecified atom stereocenters. The quantitative estimate of drug-likeness (QED) is 0.250. The molecular formula is C26H35NO9. The van der Waals surface area contributed by atoms with Crippen molar-refractivity contribution in [2.75, 3.05) is 19.0 Å². The number of aliphatic hydroxyl groups is 1. The predicted octanol–water partition coefficient (Wildman–Crippen LogP) is 3.22. The molecule has 0 aromatic heterocycles. The molecule has 1 aliphatic heterocycles. The molecule has 1 saturated heterocycles. The van der Waals surface area contributed by atoms with Crippen LogP contribution in [0, 0.1) is 11.8 Å². The number of methoxy groups -OCH3 is 1. The predicted molar refractivity (Wildman–Crippen MR) is 131 cm³/mol. The Morgan fingerprint density at radius 2 is 1.53 bits per heavy atom. The number of amides is 1. The van der Waals surface area contributed by atoms with E-state index >= 15 is 0 Å². The van der Waals surface area contributed by atoms with Crippen LogP contribution in [0.5, 0.6) is 0 Å². The van der Waals surface area contributed by atoms with Crippen molar-refractivity contribution in [3.63, 3.8) is 0 Å². The van der Waals surface area contributed by atoms with Gasteiger partial charge in [-0.1, -0.05) is 44.2 Å². The summed E-state index contributed by atoms with van der Waals surface area (Å²) >= 11 is 0. The van der Waals surface area contributed by atoms with E-state index in [0.29, 0.717) is 18.5 Å². The molecule has 2 N–H and O–H groups in total. The number of benzene rings is 1. The molecule has 0 aliphatic carbocycles. The average molecular weight is 506 g/mol. The molecule has 7 atom stereocenters. The van der Waals surface area contributed by atoms with E-state index in [1.807, 2.05) is 0 Å². The van der Waals surface area contributed by atoms with Gasteiger partial charge in [0.2, 0.25) is 0 Å². The highest BCUT2D eigenvalue weighted by Crippen LogP contribution is 2.30. The molecule has 0 radical (unpaired) electrons. The van der Waals surface area contributed by atoms with Gasteiger partial charge in [-0.05, 0) is 25.0 Å². The van der Waals surface area contributed by atoms with Crippen LogP contribution >= 0.6 is 0 Å². The number of hydrogen-bond donors (Lipinski definition) is 2. The van der Waals surface area contributed by atoms with Crippen LogP contribution in [0.25, 0.3) is 0 Å². The zero-order valence-electron chi connectivity index (χ0n) is 20.8. The molecule has 198 valence electrons. The summed E-state index contributed by atoms with van der Waals surface area (Å²) in [6.07, 6.45) is -3.33. The first-order valence-electron chi connectivity index (χ1n) is 11.7. The number of hydrogen-bond acceptors (Lipinski definition) is 9. The van der Waals surface area contributed by atoms with Gasteiger partial charge >= 0.3 is 18.0 Å². The Morgan fingerprint density at radius 3 is 2.03 bits per heavy atom. The topological polar surface area (TPSA) is 130 Å². The van der Waals surface area contributed by atoms with E-state index in [2.05, 4.69) is 18.5 Å². The number of carbonyl (C=O) groups excluding carboxylic acids is 3.